The second-order valence-corrected chi connectivity index (χ2v) is 3.23. The van der Waals surface area contributed by atoms with Crippen molar-refractivity contribution in [3.63, 3.8) is 0 Å². The van der Waals surface area contributed by atoms with Crippen molar-refractivity contribution < 1.29 is 43.9 Å². The third-order valence-electron chi connectivity index (χ3n) is 0.952. The van der Waals surface area contributed by atoms with Crippen LogP contribution in [-0.2, 0) is 19.0 Å². The van der Waals surface area contributed by atoms with Crippen molar-refractivity contribution in [2.24, 2.45) is 0 Å². The number of rotatable bonds is 6. The van der Waals surface area contributed by atoms with Gasteiger partial charge in [0.1, 0.15) is 0 Å². The van der Waals surface area contributed by atoms with Crippen molar-refractivity contribution in [1.82, 2.24) is 15.3 Å². The Morgan fingerprint density at radius 2 is 1.44 bits per heavy atom. The third-order valence-corrected chi connectivity index (χ3v) is 1.75. The fourth-order valence-corrected chi connectivity index (χ4v) is 1.07. The average molecular weight is 300 g/mol. The zero-order valence-electron chi connectivity index (χ0n) is 6.53. The molecular formula is CClF6N3O4S. The van der Waals surface area contributed by atoms with Gasteiger partial charge in [0, 0.05) is 16.4 Å². The van der Waals surface area contributed by atoms with Crippen molar-refractivity contribution in [3.05, 3.63) is 0 Å². The molecule has 0 aliphatic rings. The number of nitrogens with zero attached hydrogens (tertiary/aromatic N) is 3. The second kappa shape index (κ2) is 5.30. The Labute approximate surface area is 88.3 Å². The zero-order valence-corrected chi connectivity index (χ0v) is 8.10. The minimum atomic E-state index is -5.99. The van der Waals surface area contributed by atoms with Crippen LogP contribution in [-0.4, -0.2) is 29.7 Å². The summed E-state index contributed by atoms with van der Waals surface area (Å²) >= 11 is 4.11. The summed E-state index contributed by atoms with van der Waals surface area (Å²) in [5.74, 6) is -5.04. The summed E-state index contributed by atoms with van der Waals surface area (Å²) < 4.78 is 93.8. The smallest absolute Gasteiger partial charge is 0.180 e. The molecule has 0 saturated carbocycles. The van der Waals surface area contributed by atoms with Crippen molar-refractivity contribution in [3.8, 4) is 0 Å². The van der Waals surface area contributed by atoms with Gasteiger partial charge in [-0.15, -0.1) is 4.48 Å². The summed E-state index contributed by atoms with van der Waals surface area (Å²) in [7, 11) is -5.99. The van der Waals surface area contributed by atoms with E-state index in [4.69, 9.17) is 0 Å². The molecule has 0 unspecified atom stereocenters. The van der Waals surface area contributed by atoms with E-state index in [1.165, 1.54) is 0 Å². The van der Waals surface area contributed by atoms with Gasteiger partial charge >= 0.3 is 16.4 Å². The van der Waals surface area contributed by atoms with Crippen LogP contribution in [0.15, 0.2) is 0 Å². The summed E-state index contributed by atoms with van der Waals surface area (Å²) in [4.78, 5) is 0. The molecule has 0 atom stereocenters. The molecule has 0 amide bonds. The molecule has 0 aromatic heterocycles. The minimum Gasteiger partial charge on any atom is -0.180 e. The zero-order chi connectivity index (χ0) is 13.1. The van der Waals surface area contributed by atoms with Crippen LogP contribution in [0.4, 0.5) is 26.9 Å². The summed E-state index contributed by atoms with van der Waals surface area (Å²) in [5, 5.41) is -5.59. The highest BCUT2D eigenvalue weighted by Gasteiger charge is 2.60. The molecular weight excluding hydrogens is 300 g/mol. The van der Waals surface area contributed by atoms with Crippen molar-refractivity contribution >= 4 is 22.2 Å². The average Bonchev–Trinajstić information content (AvgIpc) is 2.12. The number of halogens is 7. The molecule has 0 aromatic carbocycles. The van der Waals surface area contributed by atoms with Gasteiger partial charge in [-0.25, -0.2) is 0 Å². The Hall–Kier alpha value is -0.380. The largest absolute Gasteiger partial charge is 0.434 e. The summed E-state index contributed by atoms with van der Waals surface area (Å²) in [6.07, 6.45) is 0. The van der Waals surface area contributed by atoms with Gasteiger partial charge in [-0.2, -0.15) is 12.6 Å². The van der Waals surface area contributed by atoms with E-state index in [1.54, 1.807) is 0 Å². The normalized spacial score (nSPS) is 14.1. The van der Waals surface area contributed by atoms with E-state index in [-0.39, 0.29) is 0 Å². The lowest BCUT2D eigenvalue weighted by molar-refractivity contribution is -0.487. The highest BCUT2D eigenvalue weighted by Crippen LogP contribution is 2.33. The van der Waals surface area contributed by atoms with Crippen LogP contribution in [0.2, 0.25) is 0 Å². The van der Waals surface area contributed by atoms with E-state index in [0.717, 1.165) is 0 Å². The highest BCUT2D eigenvalue weighted by molar-refractivity contribution is 7.81. The predicted octanol–water partition coefficient (Wildman–Crippen LogP) is 1.24. The maximum atomic E-state index is 12.2. The van der Waals surface area contributed by atoms with Crippen molar-refractivity contribution in [2.75, 3.05) is 0 Å². The van der Waals surface area contributed by atoms with E-state index in [0.29, 0.717) is 0 Å². The first kappa shape index (κ1) is 15.6. The molecule has 0 aliphatic heterocycles. The SMILES string of the molecule is O=S(=O)(OF)OC(N(F)F)(N(F)F)N(F)Cl. The van der Waals surface area contributed by atoms with Gasteiger partial charge in [-0.3, -0.25) is 0 Å². The summed E-state index contributed by atoms with van der Waals surface area (Å²) in [6, 6.07) is 0. The Kier molecular flexibility index (Phi) is 5.17. The van der Waals surface area contributed by atoms with Gasteiger partial charge in [0.2, 0.25) is 0 Å². The predicted molar refractivity (Wildman–Crippen MR) is 31.8 cm³/mol. The van der Waals surface area contributed by atoms with Gasteiger partial charge in [-0.05, 0) is 8.91 Å². The Bertz CT molecular complexity index is 300. The first-order valence-electron chi connectivity index (χ1n) is 2.71. The van der Waals surface area contributed by atoms with Crippen LogP contribution >= 0.6 is 11.8 Å². The lowest BCUT2D eigenvalue weighted by Gasteiger charge is -2.29. The van der Waals surface area contributed by atoms with Crippen LogP contribution in [0.1, 0.15) is 0 Å². The molecule has 0 fully saturated rings. The molecule has 7 nitrogen and oxygen atoms in total. The van der Waals surface area contributed by atoms with E-state index >= 15 is 0 Å². The van der Waals surface area contributed by atoms with Crippen molar-refractivity contribution in [1.29, 1.82) is 0 Å². The monoisotopic (exact) mass is 299 g/mol. The third kappa shape index (κ3) is 3.06. The molecule has 0 radical (unpaired) electrons. The van der Waals surface area contributed by atoms with E-state index in [9.17, 15) is 35.4 Å². The van der Waals surface area contributed by atoms with Gasteiger partial charge < -0.3 is 0 Å². The maximum Gasteiger partial charge on any atom is 0.434 e. The first-order chi connectivity index (χ1) is 7.10. The molecule has 0 aliphatic carbocycles. The number of hydrogen-bond acceptors (Lipinski definition) is 7. The standard InChI is InChI=1S/CClF6N3O4S/c2-9(3)1(10(4)5,11(6)7)14-16(12,13)15-8. The topological polar surface area (TPSA) is 62.3 Å². The van der Waals surface area contributed by atoms with Gasteiger partial charge in [0.15, 0.2) is 0 Å². The maximum absolute atomic E-state index is 12.2. The van der Waals surface area contributed by atoms with E-state index in [2.05, 4.69) is 16.0 Å². The minimum absolute atomic E-state index is 1.92. The molecule has 0 aromatic rings. The van der Waals surface area contributed by atoms with Crippen LogP contribution in [0, 0.1) is 0 Å². The van der Waals surface area contributed by atoms with Crippen LogP contribution in [0.3, 0.4) is 0 Å². The van der Waals surface area contributed by atoms with Crippen LogP contribution in [0.25, 0.3) is 0 Å². The van der Waals surface area contributed by atoms with Crippen LogP contribution < -0.4 is 0 Å². The van der Waals surface area contributed by atoms with Crippen molar-refractivity contribution in [2.45, 2.75) is 5.97 Å². The molecule has 0 bridgehead atoms. The molecule has 0 saturated heterocycles. The highest BCUT2D eigenvalue weighted by atomic mass is 35.5. The molecule has 0 spiro atoms. The lowest BCUT2D eigenvalue weighted by atomic mass is 10.8. The number of hydrogen-bond donors (Lipinski definition) is 0. The molecule has 0 rings (SSSR count). The molecule has 16 heavy (non-hydrogen) atoms. The molecule has 15 heteroatoms. The molecule has 0 heterocycles. The van der Waals surface area contributed by atoms with Gasteiger partial charge in [-0.1, -0.05) is 17.9 Å². The van der Waals surface area contributed by atoms with E-state index in [1.807, 2.05) is 4.39 Å². The fraction of sp³-hybridized carbons (Fsp3) is 1.00. The van der Waals surface area contributed by atoms with Gasteiger partial charge in [0.25, 0.3) is 0 Å². The Morgan fingerprint density at radius 1 is 1.06 bits per heavy atom. The summed E-state index contributed by atoms with van der Waals surface area (Å²) in [5.41, 5.74) is 0. The van der Waals surface area contributed by atoms with Crippen LogP contribution in [0.5, 0.6) is 0 Å². The lowest BCUT2D eigenvalue weighted by Crippen LogP contribution is -2.59. The fourth-order valence-electron chi connectivity index (χ4n) is 0.406. The summed E-state index contributed by atoms with van der Waals surface area (Å²) in [6.45, 7) is 0. The van der Waals surface area contributed by atoms with E-state index < -0.39 is 31.7 Å². The molecule has 98 valence electrons. The first-order valence-corrected chi connectivity index (χ1v) is 4.38. The molecule has 0 N–H and O–H groups in total. The second-order valence-electron chi connectivity index (χ2n) is 1.83. The Morgan fingerprint density at radius 3 is 1.62 bits per heavy atom. The Balaban J connectivity index is 5.39. The quantitative estimate of drug-likeness (QED) is 0.415. The van der Waals surface area contributed by atoms with Gasteiger partial charge in [0.05, 0.1) is 10.7 Å².